The van der Waals surface area contributed by atoms with Crippen LogP contribution in [0.4, 0.5) is 0 Å². The van der Waals surface area contributed by atoms with E-state index in [1.54, 1.807) is 7.11 Å². The number of aliphatic hydroxyl groups excluding tert-OH is 1. The lowest BCUT2D eigenvalue weighted by Crippen LogP contribution is -1.89. The van der Waals surface area contributed by atoms with Crippen LogP contribution in [0, 0.1) is 0 Å². The van der Waals surface area contributed by atoms with Crippen molar-refractivity contribution in [3.05, 3.63) is 29.8 Å². The first-order chi connectivity index (χ1) is 6.61. The summed E-state index contributed by atoms with van der Waals surface area (Å²) in [6, 6.07) is 7.40. The molecule has 0 aliphatic rings. The standard InChI is InChI=1S/C8H10O2.C2H4O2/c1-10-8-5-3-2-4-7(8)6-9;1-2(3)4/h2-5,9H,6H2,1H3;1H3,(H,3,4). The average molecular weight is 198 g/mol. The smallest absolute Gasteiger partial charge is 0.300 e. The molecule has 2 N–H and O–H groups in total. The number of benzene rings is 1. The van der Waals surface area contributed by atoms with Gasteiger partial charge in [0, 0.05) is 12.5 Å². The first-order valence-corrected chi connectivity index (χ1v) is 4.04. The summed E-state index contributed by atoms with van der Waals surface area (Å²) in [5.41, 5.74) is 0.824. The van der Waals surface area contributed by atoms with Crippen LogP contribution in [0.5, 0.6) is 5.75 Å². The highest BCUT2D eigenvalue weighted by molar-refractivity contribution is 5.62. The molecule has 1 aromatic carbocycles. The molecule has 0 aliphatic heterocycles. The molecule has 0 unspecified atom stereocenters. The van der Waals surface area contributed by atoms with E-state index in [-0.39, 0.29) is 6.61 Å². The fourth-order valence-corrected chi connectivity index (χ4v) is 0.834. The van der Waals surface area contributed by atoms with E-state index in [1.165, 1.54) is 0 Å². The number of ether oxygens (including phenoxy) is 1. The Morgan fingerprint density at radius 1 is 1.43 bits per heavy atom. The Morgan fingerprint density at radius 2 is 1.93 bits per heavy atom. The SMILES string of the molecule is CC(=O)O.COc1ccccc1CO. The maximum absolute atomic E-state index is 9.00. The van der Waals surface area contributed by atoms with E-state index in [9.17, 15) is 0 Å². The lowest BCUT2D eigenvalue weighted by atomic mass is 10.2. The molecule has 0 heterocycles. The second-order valence-electron chi connectivity index (χ2n) is 2.49. The third kappa shape index (κ3) is 5.16. The molecule has 0 aromatic heterocycles. The lowest BCUT2D eigenvalue weighted by molar-refractivity contribution is -0.134. The fraction of sp³-hybridized carbons (Fsp3) is 0.300. The Hall–Kier alpha value is -1.55. The van der Waals surface area contributed by atoms with Gasteiger partial charge in [0.1, 0.15) is 5.75 Å². The van der Waals surface area contributed by atoms with Crippen LogP contribution in [0.1, 0.15) is 12.5 Å². The van der Waals surface area contributed by atoms with Gasteiger partial charge in [-0.15, -0.1) is 0 Å². The van der Waals surface area contributed by atoms with E-state index in [0.29, 0.717) is 0 Å². The summed E-state index contributed by atoms with van der Waals surface area (Å²) in [7, 11) is 1.59. The first kappa shape index (κ1) is 12.4. The Labute approximate surface area is 82.8 Å². The molecular formula is C10H14O4. The Bertz CT molecular complexity index is 256. The van der Waals surface area contributed by atoms with Crippen LogP contribution in [0.2, 0.25) is 0 Å². The summed E-state index contributed by atoms with van der Waals surface area (Å²) in [6.07, 6.45) is 0. The van der Waals surface area contributed by atoms with Crippen molar-refractivity contribution in [2.45, 2.75) is 13.5 Å². The van der Waals surface area contributed by atoms with Gasteiger partial charge in [-0.05, 0) is 6.07 Å². The molecule has 0 fully saturated rings. The zero-order chi connectivity index (χ0) is 11.0. The molecule has 4 nitrogen and oxygen atoms in total. The molecule has 78 valence electrons. The van der Waals surface area contributed by atoms with Crippen molar-refractivity contribution in [2.24, 2.45) is 0 Å². The number of hydrogen-bond donors (Lipinski definition) is 2. The van der Waals surface area contributed by atoms with Gasteiger partial charge in [0.05, 0.1) is 13.7 Å². The van der Waals surface area contributed by atoms with Gasteiger partial charge in [-0.25, -0.2) is 0 Å². The number of aliphatic carboxylic acids is 1. The number of para-hydroxylation sites is 1. The predicted molar refractivity (Wildman–Crippen MR) is 52.2 cm³/mol. The van der Waals surface area contributed by atoms with Gasteiger partial charge in [0.2, 0.25) is 0 Å². The molecule has 0 aliphatic carbocycles. The van der Waals surface area contributed by atoms with Crippen molar-refractivity contribution in [2.75, 3.05) is 7.11 Å². The Balaban J connectivity index is 0.000000364. The second-order valence-corrected chi connectivity index (χ2v) is 2.49. The van der Waals surface area contributed by atoms with Gasteiger partial charge >= 0.3 is 0 Å². The van der Waals surface area contributed by atoms with Crippen LogP contribution in [-0.4, -0.2) is 23.3 Å². The third-order valence-corrected chi connectivity index (χ3v) is 1.36. The highest BCUT2D eigenvalue weighted by Gasteiger charge is 1.96. The third-order valence-electron chi connectivity index (χ3n) is 1.36. The van der Waals surface area contributed by atoms with E-state index in [2.05, 4.69) is 0 Å². The van der Waals surface area contributed by atoms with E-state index in [4.69, 9.17) is 19.7 Å². The second kappa shape index (κ2) is 6.91. The largest absolute Gasteiger partial charge is 0.496 e. The van der Waals surface area contributed by atoms with E-state index >= 15 is 0 Å². The maximum atomic E-state index is 9.00. The van der Waals surface area contributed by atoms with Gasteiger partial charge in [0.15, 0.2) is 0 Å². The molecule has 0 amide bonds. The zero-order valence-electron chi connectivity index (χ0n) is 8.23. The van der Waals surface area contributed by atoms with Crippen molar-refractivity contribution in [1.82, 2.24) is 0 Å². The number of carboxylic acids is 1. The number of aliphatic hydroxyl groups is 1. The number of carboxylic acid groups (broad SMARTS) is 1. The molecule has 0 spiro atoms. The molecule has 0 saturated heterocycles. The number of hydrogen-bond acceptors (Lipinski definition) is 3. The average Bonchev–Trinajstić information content (AvgIpc) is 2.17. The normalized spacial score (nSPS) is 8.50. The quantitative estimate of drug-likeness (QED) is 0.751. The molecule has 1 rings (SSSR count). The van der Waals surface area contributed by atoms with Crippen molar-refractivity contribution in [3.8, 4) is 5.75 Å². The minimum atomic E-state index is -0.833. The summed E-state index contributed by atoms with van der Waals surface area (Å²) in [6.45, 7) is 1.12. The fourth-order valence-electron chi connectivity index (χ4n) is 0.834. The van der Waals surface area contributed by atoms with Crippen LogP contribution in [0.25, 0.3) is 0 Å². The Morgan fingerprint density at radius 3 is 2.29 bits per heavy atom. The molecule has 0 bridgehead atoms. The topological polar surface area (TPSA) is 66.8 Å². The van der Waals surface area contributed by atoms with Crippen molar-refractivity contribution in [3.63, 3.8) is 0 Å². The molecule has 4 heteroatoms. The maximum Gasteiger partial charge on any atom is 0.300 e. The van der Waals surface area contributed by atoms with Gasteiger partial charge < -0.3 is 14.9 Å². The van der Waals surface area contributed by atoms with Gasteiger partial charge in [-0.2, -0.15) is 0 Å². The molecule has 0 radical (unpaired) electrons. The molecule has 0 saturated carbocycles. The summed E-state index contributed by atoms with van der Waals surface area (Å²) in [4.78, 5) is 9.00. The highest BCUT2D eigenvalue weighted by Crippen LogP contribution is 2.16. The van der Waals surface area contributed by atoms with Gasteiger partial charge in [0.25, 0.3) is 5.97 Å². The van der Waals surface area contributed by atoms with E-state index < -0.39 is 5.97 Å². The van der Waals surface area contributed by atoms with Crippen LogP contribution in [0.15, 0.2) is 24.3 Å². The summed E-state index contributed by atoms with van der Waals surface area (Å²) in [5.74, 6) is -0.0926. The van der Waals surface area contributed by atoms with Crippen molar-refractivity contribution < 1.29 is 19.7 Å². The van der Waals surface area contributed by atoms with Crippen LogP contribution in [-0.2, 0) is 11.4 Å². The monoisotopic (exact) mass is 198 g/mol. The van der Waals surface area contributed by atoms with Gasteiger partial charge in [-0.1, -0.05) is 18.2 Å². The van der Waals surface area contributed by atoms with Crippen LogP contribution in [0.3, 0.4) is 0 Å². The zero-order valence-corrected chi connectivity index (χ0v) is 8.23. The minimum absolute atomic E-state index is 0.0318. The number of methoxy groups -OCH3 is 1. The lowest BCUT2D eigenvalue weighted by Gasteiger charge is -2.03. The summed E-state index contributed by atoms with van der Waals surface area (Å²) in [5, 5.41) is 16.2. The van der Waals surface area contributed by atoms with E-state index in [0.717, 1.165) is 18.2 Å². The molecule has 14 heavy (non-hydrogen) atoms. The predicted octanol–water partition coefficient (Wildman–Crippen LogP) is 1.28. The minimum Gasteiger partial charge on any atom is -0.496 e. The highest BCUT2D eigenvalue weighted by atomic mass is 16.5. The molecular weight excluding hydrogens is 184 g/mol. The first-order valence-electron chi connectivity index (χ1n) is 4.04. The molecule has 1 aromatic rings. The van der Waals surface area contributed by atoms with Crippen molar-refractivity contribution >= 4 is 5.97 Å². The number of rotatable bonds is 2. The van der Waals surface area contributed by atoms with Crippen LogP contribution < -0.4 is 4.74 Å². The van der Waals surface area contributed by atoms with E-state index in [1.807, 2.05) is 24.3 Å². The van der Waals surface area contributed by atoms with Crippen molar-refractivity contribution in [1.29, 1.82) is 0 Å². The summed E-state index contributed by atoms with van der Waals surface area (Å²) < 4.78 is 4.98. The van der Waals surface area contributed by atoms with Crippen LogP contribution >= 0.6 is 0 Å². The molecule has 0 atom stereocenters. The summed E-state index contributed by atoms with van der Waals surface area (Å²) >= 11 is 0. The number of carbonyl (C=O) groups is 1. The Kier molecular flexibility index (Phi) is 6.15. The van der Waals surface area contributed by atoms with Gasteiger partial charge in [-0.3, -0.25) is 4.79 Å².